The summed E-state index contributed by atoms with van der Waals surface area (Å²) in [5.41, 5.74) is 2.96. The maximum absolute atomic E-state index is 10.4. The van der Waals surface area contributed by atoms with E-state index in [0.717, 1.165) is 28.4 Å². The molecule has 0 N–H and O–H groups in total. The third-order valence-corrected chi connectivity index (χ3v) is 2.18. The van der Waals surface area contributed by atoms with E-state index in [1.807, 2.05) is 25.1 Å². The van der Waals surface area contributed by atoms with Gasteiger partial charge in [-0.3, -0.25) is 0 Å². The van der Waals surface area contributed by atoms with Gasteiger partial charge in [0.05, 0.1) is 6.26 Å². The molecule has 0 radical (unpaired) electrons. The van der Waals surface area contributed by atoms with Gasteiger partial charge in [-0.25, -0.2) is 0 Å². The van der Waals surface area contributed by atoms with Crippen molar-refractivity contribution < 1.29 is 9.21 Å². The molecule has 13 heavy (non-hydrogen) atoms. The van der Waals surface area contributed by atoms with Crippen LogP contribution in [0.1, 0.15) is 11.1 Å². The van der Waals surface area contributed by atoms with Gasteiger partial charge in [-0.05, 0) is 12.5 Å². The average molecular weight is 174 g/mol. The molecule has 0 unspecified atom stereocenters. The lowest BCUT2D eigenvalue weighted by molar-refractivity contribution is -0.107. The minimum atomic E-state index is 0.427. The van der Waals surface area contributed by atoms with Crippen LogP contribution in [0, 0.1) is 6.92 Å². The van der Waals surface area contributed by atoms with Gasteiger partial charge in [0, 0.05) is 17.4 Å². The zero-order chi connectivity index (χ0) is 9.26. The van der Waals surface area contributed by atoms with Crippen LogP contribution in [0.3, 0.4) is 0 Å². The van der Waals surface area contributed by atoms with Gasteiger partial charge in [-0.15, -0.1) is 0 Å². The summed E-state index contributed by atoms with van der Waals surface area (Å²) in [6.07, 6.45) is 2.98. The summed E-state index contributed by atoms with van der Waals surface area (Å²) in [7, 11) is 0. The zero-order valence-corrected chi connectivity index (χ0v) is 7.41. The number of fused-ring (bicyclic) bond motifs is 1. The van der Waals surface area contributed by atoms with Crippen molar-refractivity contribution in [2.75, 3.05) is 0 Å². The summed E-state index contributed by atoms with van der Waals surface area (Å²) >= 11 is 0. The van der Waals surface area contributed by atoms with E-state index in [-0.39, 0.29) is 0 Å². The van der Waals surface area contributed by atoms with Crippen LogP contribution in [-0.4, -0.2) is 6.29 Å². The van der Waals surface area contributed by atoms with Crippen LogP contribution < -0.4 is 0 Å². The molecule has 1 heterocycles. The van der Waals surface area contributed by atoms with Gasteiger partial charge in [-0.2, -0.15) is 0 Å². The van der Waals surface area contributed by atoms with Crippen molar-refractivity contribution in [2.24, 2.45) is 0 Å². The molecule has 0 saturated carbocycles. The monoisotopic (exact) mass is 174 g/mol. The second-order valence-corrected chi connectivity index (χ2v) is 3.08. The molecule has 0 aliphatic carbocycles. The van der Waals surface area contributed by atoms with E-state index in [2.05, 4.69) is 0 Å². The largest absolute Gasteiger partial charge is 0.464 e. The van der Waals surface area contributed by atoms with Crippen molar-refractivity contribution in [1.29, 1.82) is 0 Å². The molecule has 0 saturated heterocycles. The highest BCUT2D eigenvalue weighted by Gasteiger charge is 2.05. The van der Waals surface area contributed by atoms with Gasteiger partial charge in [0.1, 0.15) is 11.9 Å². The number of rotatable bonds is 2. The predicted octanol–water partition coefficient (Wildman–Crippen LogP) is 2.48. The number of aldehydes is 1. The number of carbonyl (C=O) groups is 1. The van der Waals surface area contributed by atoms with Gasteiger partial charge in [-0.1, -0.05) is 18.2 Å². The molecule has 2 nitrogen and oxygen atoms in total. The first-order valence-electron chi connectivity index (χ1n) is 4.22. The van der Waals surface area contributed by atoms with Crippen LogP contribution in [0.5, 0.6) is 0 Å². The molecule has 0 spiro atoms. The molecule has 1 aromatic carbocycles. The van der Waals surface area contributed by atoms with E-state index in [4.69, 9.17) is 4.42 Å². The molecule has 2 heteroatoms. The zero-order valence-electron chi connectivity index (χ0n) is 7.41. The highest BCUT2D eigenvalue weighted by Crippen LogP contribution is 2.23. The van der Waals surface area contributed by atoms with Gasteiger partial charge >= 0.3 is 0 Å². The number of benzene rings is 1. The van der Waals surface area contributed by atoms with Crippen LogP contribution in [0.15, 0.2) is 28.9 Å². The Morgan fingerprint density at radius 1 is 1.46 bits per heavy atom. The minimum absolute atomic E-state index is 0.427. The summed E-state index contributed by atoms with van der Waals surface area (Å²) in [6.45, 7) is 2.00. The van der Waals surface area contributed by atoms with Crippen molar-refractivity contribution in [2.45, 2.75) is 13.3 Å². The maximum Gasteiger partial charge on any atom is 0.137 e. The molecule has 0 fully saturated rings. The van der Waals surface area contributed by atoms with Crippen LogP contribution >= 0.6 is 0 Å². The molecule has 0 aliphatic rings. The van der Waals surface area contributed by atoms with Crippen LogP contribution in [0.25, 0.3) is 11.0 Å². The molecular weight excluding hydrogens is 164 g/mol. The summed E-state index contributed by atoms with van der Waals surface area (Å²) in [5.74, 6) is 0. The standard InChI is InChI=1S/C11H10O2/c1-8-3-2-4-10-9(5-6-12)7-13-11(8)10/h2-4,6-7H,5H2,1H3. The van der Waals surface area contributed by atoms with Crippen LogP contribution in [0.2, 0.25) is 0 Å². The third-order valence-electron chi connectivity index (χ3n) is 2.18. The Bertz CT molecular complexity index is 440. The maximum atomic E-state index is 10.4. The normalized spacial score (nSPS) is 10.5. The van der Waals surface area contributed by atoms with Gasteiger partial charge in [0.15, 0.2) is 0 Å². The quantitative estimate of drug-likeness (QED) is 0.655. The number of para-hydroxylation sites is 1. The molecule has 0 atom stereocenters. The fraction of sp³-hybridized carbons (Fsp3) is 0.182. The number of carbonyl (C=O) groups excluding carboxylic acids is 1. The number of aryl methyl sites for hydroxylation is 1. The van der Waals surface area contributed by atoms with E-state index in [0.29, 0.717) is 6.42 Å². The predicted molar refractivity (Wildman–Crippen MR) is 50.7 cm³/mol. The molecular formula is C11H10O2. The Morgan fingerprint density at radius 3 is 3.08 bits per heavy atom. The second-order valence-electron chi connectivity index (χ2n) is 3.08. The lowest BCUT2D eigenvalue weighted by Gasteiger charge is -1.93. The second kappa shape index (κ2) is 3.05. The van der Waals surface area contributed by atoms with Crippen molar-refractivity contribution in [3.05, 3.63) is 35.6 Å². The summed E-state index contributed by atoms with van der Waals surface area (Å²) in [5, 5.41) is 1.05. The van der Waals surface area contributed by atoms with Crippen molar-refractivity contribution in [3.8, 4) is 0 Å². The van der Waals surface area contributed by atoms with E-state index in [1.54, 1.807) is 6.26 Å². The van der Waals surface area contributed by atoms with Gasteiger partial charge in [0.25, 0.3) is 0 Å². The highest BCUT2D eigenvalue weighted by molar-refractivity contribution is 5.85. The molecule has 66 valence electrons. The van der Waals surface area contributed by atoms with E-state index >= 15 is 0 Å². The summed E-state index contributed by atoms with van der Waals surface area (Å²) in [4.78, 5) is 10.4. The number of furan rings is 1. The van der Waals surface area contributed by atoms with E-state index in [1.165, 1.54) is 0 Å². The van der Waals surface area contributed by atoms with Gasteiger partial charge in [0.2, 0.25) is 0 Å². The lowest BCUT2D eigenvalue weighted by atomic mass is 10.1. The number of hydrogen-bond acceptors (Lipinski definition) is 2. The summed E-state index contributed by atoms with van der Waals surface area (Å²) < 4.78 is 5.37. The Balaban J connectivity index is 2.67. The lowest BCUT2D eigenvalue weighted by Crippen LogP contribution is -1.82. The van der Waals surface area contributed by atoms with Crippen molar-refractivity contribution in [1.82, 2.24) is 0 Å². The first kappa shape index (κ1) is 8.05. The van der Waals surface area contributed by atoms with Crippen LogP contribution in [0.4, 0.5) is 0 Å². The average Bonchev–Trinajstić information content (AvgIpc) is 2.51. The first-order chi connectivity index (χ1) is 6.33. The highest BCUT2D eigenvalue weighted by atomic mass is 16.3. The molecule has 2 rings (SSSR count). The topological polar surface area (TPSA) is 30.2 Å². The van der Waals surface area contributed by atoms with Gasteiger partial charge < -0.3 is 9.21 Å². The molecule has 2 aromatic rings. The SMILES string of the molecule is Cc1cccc2c(CC=O)coc12. The third kappa shape index (κ3) is 1.24. The van der Waals surface area contributed by atoms with E-state index < -0.39 is 0 Å². The fourth-order valence-electron chi connectivity index (χ4n) is 1.50. The first-order valence-corrected chi connectivity index (χ1v) is 4.22. The molecule has 1 aromatic heterocycles. The Morgan fingerprint density at radius 2 is 2.31 bits per heavy atom. The Labute approximate surface area is 76.2 Å². The van der Waals surface area contributed by atoms with E-state index in [9.17, 15) is 4.79 Å². The molecule has 0 aliphatic heterocycles. The Kier molecular flexibility index (Phi) is 1.89. The Hall–Kier alpha value is -1.57. The van der Waals surface area contributed by atoms with Crippen molar-refractivity contribution in [3.63, 3.8) is 0 Å². The summed E-state index contributed by atoms with van der Waals surface area (Å²) in [6, 6.07) is 5.95. The van der Waals surface area contributed by atoms with Crippen molar-refractivity contribution >= 4 is 17.3 Å². The molecule has 0 amide bonds. The smallest absolute Gasteiger partial charge is 0.137 e. The minimum Gasteiger partial charge on any atom is -0.464 e. The van der Waals surface area contributed by atoms with Crippen LogP contribution in [-0.2, 0) is 11.2 Å². The molecule has 0 bridgehead atoms. The fourth-order valence-corrected chi connectivity index (χ4v) is 1.50. The number of hydrogen-bond donors (Lipinski definition) is 0.